The van der Waals surface area contributed by atoms with Gasteiger partial charge in [0.25, 0.3) is 0 Å². The molecule has 0 radical (unpaired) electrons. The molecule has 0 spiro atoms. The Morgan fingerprint density at radius 1 is 1.27 bits per heavy atom. The van der Waals surface area contributed by atoms with Gasteiger partial charge >= 0.3 is 0 Å². The molecule has 0 saturated carbocycles. The largest absolute Gasteiger partial charge is 0.490 e. The fraction of sp³-hybridized carbons (Fsp3) is 0.471. The number of fused-ring (bicyclic) bond motifs is 1. The summed E-state index contributed by atoms with van der Waals surface area (Å²) < 4.78 is 12.2. The van der Waals surface area contributed by atoms with E-state index in [1.165, 1.54) is 23.1 Å². The number of rotatable bonds is 4. The van der Waals surface area contributed by atoms with E-state index in [2.05, 4.69) is 10.2 Å². The number of carbonyl (C=O) groups is 1. The SMILES string of the molecule is Nc1nnc(SCC(=O)N2CCC[C@@H]2c2ccc3c(c2)OCCCO3)s1. The molecule has 3 heterocycles. The smallest absolute Gasteiger partial charge is 0.233 e. The quantitative estimate of drug-likeness (QED) is 0.800. The van der Waals surface area contributed by atoms with Crippen LogP contribution in [0.25, 0.3) is 0 Å². The van der Waals surface area contributed by atoms with Gasteiger partial charge in [-0.15, -0.1) is 10.2 Å². The molecule has 26 heavy (non-hydrogen) atoms. The number of hydrogen-bond donors (Lipinski definition) is 1. The Morgan fingerprint density at radius 3 is 2.92 bits per heavy atom. The maximum Gasteiger partial charge on any atom is 0.233 e. The highest BCUT2D eigenvalue weighted by Crippen LogP contribution is 2.38. The van der Waals surface area contributed by atoms with Crippen molar-refractivity contribution in [3.05, 3.63) is 23.8 Å². The summed E-state index contributed by atoms with van der Waals surface area (Å²) in [6.45, 7) is 2.11. The Balaban J connectivity index is 1.45. The molecule has 9 heteroatoms. The second-order valence-electron chi connectivity index (χ2n) is 6.20. The third-order valence-electron chi connectivity index (χ3n) is 4.47. The molecule has 1 fully saturated rings. The van der Waals surface area contributed by atoms with Crippen LogP contribution < -0.4 is 15.2 Å². The van der Waals surface area contributed by atoms with Crippen LogP contribution in [-0.4, -0.2) is 46.5 Å². The van der Waals surface area contributed by atoms with Gasteiger partial charge in [-0.2, -0.15) is 0 Å². The van der Waals surface area contributed by atoms with Crippen molar-refractivity contribution in [3.63, 3.8) is 0 Å². The van der Waals surface area contributed by atoms with Crippen LogP contribution in [0, 0.1) is 0 Å². The summed E-state index contributed by atoms with van der Waals surface area (Å²) in [6.07, 6.45) is 2.84. The van der Waals surface area contributed by atoms with Gasteiger partial charge in [-0.25, -0.2) is 0 Å². The molecule has 1 amide bonds. The number of aromatic nitrogens is 2. The van der Waals surface area contributed by atoms with Crippen molar-refractivity contribution in [1.82, 2.24) is 15.1 Å². The molecule has 2 aromatic rings. The summed E-state index contributed by atoms with van der Waals surface area (Å²) in [6, 6.07) is 6.10. The zero-order valence-corrected chi connectivity index (χ0v) is 15.9. The van der Waals surface area contributed by atoms with Crippen molar-refractivity contribution in [2.45, 2.75) is 29.6 Å². The number of amides is 1. The molecule has 4 rings (SSSR count). The lowest BCUT2D eigenvalue weighted by molar-refractivity contribution is -0.129. The third-order valence-corrected chi connectivity index (χ3v) is 6.34. The van der Waals surface area contributed by atoms with Gasteiger partial charge in [0.15, 0.2) is 15.8 Å². The number of benzene rings is 1. The predicted molar refractivity (Wildman–Crippen MR) is 101 cm³/mol. The van der Waals surface area contributed by atoms with E-state index in [-0.39, 0.29) is 11.9 Å². The monoisotopic (exact) mass is 392 g/mol. The van der Waals surface area contributed by atoms with E-state index in [0.29, 0.717) is 24.1 Å². The first-order chi connectivity index (χ1) is 12.7. The summed E-state index contributed by atoms with van der Waals surface area (Å²) in [4.78, 5) is 14.7. The molecule has 1 atom stereocenters. The van der Waals surface area contributed by atoms with E-state index < -0.39 is 0 Å². The fourth-order valence-corrected chi connectivity index (χ4v) is 4.81. The number of anilines is 1. The minimum absolute atomic E-state index is 0.0831. The second-order valence-corrected chi connectivity index (χ2v) is 8.43. The minimum Gasteiger partial charge on any atom is -0.490 e. The minimum atomic E-state index is 0.0831. The molecule has 2 N–H and O–H groups in total. The van der Waals surface area contributed by atoms with Gasteiger partial charge in [0, 0.05) is 13.0 Å². The van der Waals surface area contributed by atoms with Gasteiger partial charge in [-0.3, -0.25) is 4.79 Å². The highest BCUT2D eigenvalue weighted by molar-refractivity contribution is 8.01. The molecule has 0 unspecified atom stereocenters. The normalized spacial score (nSPS) is 19.4. The molecule has 2 aliphatic rings. The first-order valence-electron chi connectivity index (χ1n) is 8.61. The summed E-state index contributed by atoms with van der Waals surface area (Å²) in [5.74, 6) is 2.01. The van der Waals surface area contributed by atoms with E-state index in [1.807, 2.05) is 23.1 Å². The lowest BCUT2D eigenvalue weighted by Gasteiger charge is -2.25. The molecule has 1 aromatic carbocycles. The van der Waals surface area contributed by atoms with Gasteiger partial charge in [-0.05, 0) is 30.5 Å². The molecule has 2 aliphatic heterocycles. The van der Waals surface area contributed by atoms with E-state index in [9.17, 15) is 4.79 Å². The zero-order chi connectivity index (χ0) is 17.9. The van der Waals surface area contributed by atoms with E-state index >= 15 is 0 Å². The maximum absolute atomic E-state index is 12.7. The summed E-state index contributed by atoms with van der Waals surface area (Å²) in [5.41, 5.74) is 6.69. The van der Waals surface area contributed by atoms with Gasteiger partial charge < -0.3 is 20.1 Å². The van der Waals surface area contributed by atoms with E-state index in [0.717, 1.165) is 47.2 Å². The van der Waals surface area contributed by atoms with Crippen molar-refractivity contribution >= 4 is 34.1 Å². The average molecular weight is 393 g/mol. The number of nitrogen functional groups attached to an aromatic ring is 1. The number of likely N-dealkylation sites (tertiary alicyclic amines) is 1. The Morgan fingerprint density at radius 2 is 2.12 bits per heavy atom. The number of nitrogens with two attached hydrogens (primary N) is 1. The summed E-state index contributed by atoms with van der Waals surface area (Å²) in [7, 11) is 0. The molecule has 1 aromatic heterocycles. The van der Waals surface area contributed by atoms with Crippen molar-refractivity contribution in [2.75, 3.05) is 31.2 Å². The van der Waals surface area contributed by atoms with Crippen LogP contribution in [-0.2, 0) is 4.79 Å². The van der Waals surface area contributed by atoms with Crippen LogP contribution in [0.3, 0.4) is 0 Å². The third kappa shape index (κ3) is 3.73. The van der Waals surface area contributed by atoms with E-state index in [4.69, 9.17) is 15.2 Å². The Bertz CT molecular complexity index is 798. The number of nitrogens with zero attached hydrogens (tertiary/aromatic N) is 3. The van der Waals surface area contributed by atoms with Crippen molar-refractivity contribution in [2.24, 2.45) is 0 Å². The maximum atomic E-state index is 12.7. The Hall–Kier alpha value is -2.00. The summed E-state index contributed by atoms with van der Waals surface area (Å²) in [5, 5.41) is 8.15. The van der Waals surface area contributed by atoms with Crippen LogP contribution in [0.4, 0.5) is 5.13 Å². The predicted octanol–water partition coefficient (Wildman–Crippen LogP) is 2.74. The van der Waals surface area contributed by atoms with Gasteiger partial charge in [0.1, 0.15) is 0 Å². The van der Waals surface area contributed by atoms with Gasteiger partial charge in [0.05, 0.1) is 25.0 Å². The first kappa shape index (κ1) is 17.4. The molecule has 7 nitrogen and oxygen atoms in total. The topological polar surface area (TPSA) is 90.6 Å². The molecule has 1 saturated heterocycles. The van der Waals surface area contributed by atoms with Crippen LogP contribution >= 0.6 is 23.1 Å². The van der Waals surface area contributed by atoms with Gasteiger partial charge in [0.2, 0.25) is 11.0 Å². The molecule has 0 bridgehead atoms. The fourth-order valence-electron chi connectivity index (χ4n) is 3.28. The molecular formula is C17H20N4O3S2. The molecule has 0 aliphatic carbocycles. The number of ether oxygens (including phenoxy) is 2. The number of thioether (sulfide) groups is 1. The average Bonchev–Trinajstić information content (AvgIpc) is 3.23. The van der Waals surface area contributed by atoms with Crippen LogP contribution in [0.2, 0.25) is 0 Å². The number of hydrogen-bond acceptors (Lipinski definition) is 8. The second kappa shape index (κ2) is 7.71. The highest BCUT2D eigenvalue weighted by Gasteiger charge is 2.30. The van der Waals surface area contributed by atoms with Crippen molar-refractivity contribution in [1.29, 1.82) is 0 Å². The number of carbonyl (C=O) groups excluding carboxylic acids is 1. The lowest BCUT2D eigenvalue weighted by Crippen LogP contribution is -2.32. The van der Waals surface area contributed by atoms with Crippen molar-refractivity contribution < 1.29 is 14.3 Å². The van der Waals surface area contributed by atoms with Crippen molar-refractivity contribution in [3.8, 4) is 11.5 Å². The first-order valence-corrected chi connectivity index (χ1v) is 10.4. The van der Waals surface area contributed by atoms with Crippen LogP contribution in [0.5, 0.6) is 11.5 Å². The Labute approximate surface area is 159 Å². The zero-order valence-electron chi connectivity index (χ0n) is 14.2. The molecular weight excluding hydrogens is 372 g/mol. The van der Waals surface area contributed by atoms with E-state index in [1.54, 1.807) is 0 Å². The van der Waals surface area contributed by atoms with Crippen LogP contribution in [0.15, 0.2) is 22.5 Å². The molecule has 138 valence electrons. The highest BCUT2D eigenvalue weighted by atomic mass is 32.2. The Kier molecular flexibility index (Phi) is 5.16. The lowest BCUT2D eigenvalue weighted by atomic mass is 10.0. The van der Waals surface area contributed by atoms with Gasteiger partial charge in [-0.1, -0.05) is 29.2 Å². The standard InChI is InChI=1S/C17H20N4O3S2/c18-16-19-20-17(26-16)25-10-15(22)21-6-1-3-12(21)11-4-5-13-14(9-11)24-8-2-7-23-13/h4-5,9,12H,1-3,6-8,10H2,(H2,18,19)/t12-/m1/s1. The van der Waals surface area contributed by atoms with Crippen LogP contribution in [0.1, 0.15) is 30.9 Å². The summed E-state index contributed by atoms with van der Waals surface area (Å²) >= 11 is 2.69.